The monoisotopic (exact) mass is 250 g/mol. The normalized spacial score (nSPS) is 11.7. The minimum absolute atomic E-state index is 0.413. The van der Waals surface area contributed by atoms with Crippen LogP contribution in [0.1, 0.15) is 25.3 Å². The predicted octanol–water partition coefficient (Wildman–Crippen LogP) is 2.37. The van der Waals surface area contributed by atoms with Gasteiger partial charge in [0.25, 0.3) is 0 Å². The van der Waals surface area contributed by atoms with Crippen molar-refractivity contribution in [2.75, 3.05) is 5.32 Å². The van der Waals surface area contributed by atoms with Gasteiger partial charge in [0.1, 0.15) is 6.04 Å². The number of nitrogens with one attached hydrogen (secondary N) is 2. The van der Waals surface area contributed by atoms with Gasteiger partial charge in [-0.3, -0.25) is 0 Å². The van der Waals surface area contributed by atoms with E-state index < -0.39 is 18.0 Å². The van der Waals surface area contributed by atoms with Crippen LogP contribution in [0.4, 0.5) is 10.5 Å². The number of hydrogen-bond acceptors (Lipinski definition) is 2. The van der Waals surface area contributed by atoms with E-state index in [4.69, 9.17) is 5.11 Å². The van der Waals surface area contributed by atoms with E-state index in [1.54, 1.807) is 6.07 Å². The highest BCUT2D eigenvalue weighted by Crippen LogP contribution is 2.09. The highest BCUT2D eigenvalue weighted by atomic mass is 16.4. The average molecular weight is 250 g/mol. The first-order chi connectivity index (χ1) is 8.52. The SMILES string of the molecule is CCCC(NC(=O)Nc1cccc(C)c1)C(=O)O. The minimum Gasteiger partial charge on any atom is -0.480 e. The molecule has 5 heteroatoms. The molecule has 2 amide bonds. The highest BCUT2D eigenvalue weighted by Gasteiger charge is 2.18. The molecule has 0 aliphatic rings. The maximum atomic E-state index is 11.6. The molecule has 0 saturated carbocycles. The Morgan fingerprint density at radius 1 is 1.39 bits per heavy atom. The van der Waals surface area contributed by atoms with E-state index in [1.165, 1.54) is 0 Å². The van der Waals surface area contributed by atoms with Gasteiger partial charge < -0.3 is 15.7 Å². The fourth-order valence-corrected chi connectivity index (χ4v) is 1.59. The van der Waals surface area contributed by atoms with Gasteiger partial charge in [-0.1, -0.05) is 25.5 Å². The van der Waals surface area contributed by atoms with Crippen LogP contribution in [0.15, 0.2) is 24.3 Å². The van der Waals surface area contributed by atoms with Crippen molar-refractivity contribution >= 4 is 17.7 Å². The summed E-state index contributed by atoms with van der Waals surface area (Å²) in [4.78, 5) is 22.5. The highest BCUT2D eigenvalue weighted by molar-refractivity contribution is 5.92. The van der Waals surface area contributed by atoms with Gasteiger partial charge in [0.15, 0.2) is 0 Å². The zero-order valence-corrected chi connectivity index (χ0v) is 10.6. The number of urea groups is 1. The number of anilines is 1. The molecule has 18 heavy (non-hydrogen) atoms. The first kappa shape index (κ1) is 14.0. The second-order valence-corrected chi connectivity index (χ2v) is 4.15. The third kappa shape index (κ3) is 4.45. The first-order valence-corrected chi connectivity index (χ1v) is 5.90. The molecule has 0 radical (unpaired) electrons. The zero-order valence-electron chi connectivity index (χ0n) is 10.6. The summed E-state index contributed by atoms with van der Waals surface area (Å²) < 4.78 is 0. The second-order valence-electron chi connectivity index (χ2n) is 4.15. The lowest BCUT2D eigenvalue weighted by Crippen LogP contribution is -2.42. The summed E-state index contributed by atoms with van der Waals surface area (Å²) in [6.07, 6.45) is 1.11. The van der Waals surface area contributed by atoms with Gasteiger partial charge in [-0.15, -0.1) is 0 Å². The summed E-state index contributed by atoms with van der Waals surface area (Å²) >= 11 is 0. The number of aryl methyl sites for hydroxylation is 1. The summed E-state index contributed by atoms with van der Waals surface area (Å²) in [5, 5.41) is 14.0. The van der Waals surface area contributed by atoms with E-state index in [0.29, 0.717) is 18.5 Å². The molecule has 0 spiro atoms. The summed E-state index contributed by atoms with van der Waals surface area (Å²) in [6.45, 7) is 3.79. The Hall–Kier alpha value is -2.04. The molecule has 0 aliphatic heterocycles. The van der Waals surface area contributed by atoms with Gasteiger partial charge in [-0.2, -0.15) is 0 Å². The lowest BCUT2D eigenvalue weighted by atomic mass is 10.2. The molecule has 0 heterocycles. The van der Waals surface area contributed by atoms with Gasteiger partial charge in [0.2, 0.25) is 0 Å². The molecule has 1 unspecified atom stereocenters. The van der Waals surface area contributed by atoms with Gasteiger partial charge >= 0.3 is 12.0 Å². The lowest BCUT2D eigenvalue weighted by Gasteiger charge is -2.14. The summed E-state index contributed by atoms with van der Waals surface area (Å²) in [7, 11) is 0. The number of rotatable bonds is 5. The molecule has 5 nitrogen and oxygen atoms in total. The van der Waals surface area contributed by atoms with Crippen molar-refractivity contribution in [1.29, 1.82) is 0 Å². The number of aliphatic carboxylic acids is 1. The molecule has 3 N–H and O–H groups in total. The van der Waals surface area contributed by atoms with Crippen LogP contribution in [0.25, 0.3) is 0 Å². The van der Waals surface area contributed by atoms with Crippen molar-refractivity contribution in [3.05, 3.63) is 29.8 Å². The van der Waals surface area contributed by atoms with Crippen LogP contribution in [-0.4, -0.2) is 23.1 Å². The number of benzene rings is 1. The topological polar surface area (TPSA) is 78.4 Å². The molecular formula is C13H18N2O3. The summed E-state index contributed by atoms with van der Waals surface area (Å²) in [6, 6.07) is 5.96. The number of amides is 2. The first-order valence-electron chi connectivity index (χ1n) is 5.90. The molecule has 1 aromatic rings. The Labute approximate surface area is 106 Å². The van der Waals surface area contributed by atoms with Gasteiger partial charge in [0.05, 0.1) is 0 Å². The third-order valence-electron chi connectivity index (χ3n) is 2.46. The summed E-state index contributed by atoms with van der Waals surface area (Å²) in [5.74, 6) is -1.02. The Kier molecular flexibility index (Phi) is 5.17. The number of carboxylic acids is 1. The Morgan fingerprint density at radius 3 is 2.67 bits per heavy atom. The Morgan fingerprint density at radius 2 is 2.11 bits per heavy atom. The smallest absolute Gasteiger partial charge is 0.326 e. The quantitative estimate of drug-likeness (QED) is 0.750. The standard InChI is InChI=1S/C13H18N2O3/c1-3-5-11(12(16)17)15-13(18)14-10-7-4-6-9(2)8-10/h4,6-8,11H,3,5H2,1-2H3,(H,16,17)(H2,14,15,18). The molecular weight excluding hydrogens is 232 g/mol. The van der Waals surface area contributed by atoms with Crippen molar-refractivity contribution in [2.24, 2.45) is 0 Å². The van der Waals surface area contributed by atoms with E-state index in [2.05, 4.69) is 10.6 Å². The Bertz CT molecular complexity index is 432. The van der Waals surface area contributed by atoms with Gasteiger partial charge in [0, 0.05) is 5.69 Å². The number of carbonyl (C=O) groups is 2. The van der Waals surface area contributed by atoms with Crippen molar-refractivity contribution in [2.45, 2.75) is 32.7 Å². The number of carboxylic acid groups (broad SMARTS) is 1. The van der Waals surface area contributed by atoms with E-state index >= 15 is 0 Å². The van der Waals surface area contributed by atoms with E-state index in [0.717, 1.165) is 5.56 Å². The second kappa shape index (κ2) is 6.64. The van der Waals surface area contributed by atoms with Crippen LogP contribution in [-0.2, 0) is 4.79 Å². The maximum Gasteiger partial charge on any atom is 0.326 e. The Balaban J connectivity index is 2.57. The van der Waals surface area contributed by atoms with Crippen LogP contribution in [0, 0.1) is 6.92 Å². The molecule has 1 rings (SSSR count). The summed E-state index contributed by atoms with van der Waals surface area (Å²) in [5.41, 5.74) is 1.67. The molecule has 0 bridgehead atoms. The van der Waals surface area contributed by atoms with Crippen molar-refractivity contribution in [3.63, 3.8) is 0 Å². The number of hydrogen-bond donors (Lipinski definition) is 3. The molecule has 0 aliphatic carbocycles. The predicted molar refractivity (Wildman–Crippen MR) is 69.7 cm³/mol. The zero-order chi connectivity index (χ0) is 13.5. The number of carbonyl (C=O) groups excluding carboxylic acids is 1. The molecule has 98 valence electrons. The maximum absolute atomic E-state index is 11.6. The van der Waals surface area contributed by atoms with E-state index in [-0.39, 0.29) is 0 Å². The van der Waals surface area contributed by atoms with Crippen molar-refractivity contribution in [1.82, 2.24) is 5.32 Å². The fraction of sp³-hybridized carbons (Fsp3) is 0.385. The van der Waals surface area contributed by atoms with Crippen LogP contribution >= 0.6 is 0 Å². The third-order valence-corrected chi connectivity index (χ3v) is 2.46. The molecule has 0 saturated heterocycles. The van der Waals surface area contributed by atoms with Crippen LogP contribution < -0.4 is 10.6 Å². The largest absolute Gasteiger partial charge is 0.480 e. The minimum atomic E-state index is -1.02. The van der Waals surface area contributed by atoms with Gasteiger partial charge in [-0.25, -0.2) is 9.59 Å². The fourth-order valence-electron chi connectivity index (χ4n) is 1.59. The van der Waals surface area contributed by atoms with Crippen LogP contribution in [0.3, 0.4) is 0 Å². The van der Waals surface area contributed by atoms with Gasteiger partial charge in [-0.05, 0) is 31.0 Å². The van der Waals surface area contributed by atoms with E-state index in [1.807, 2.05) is 32.0 Å². The molecule has 1 aromatic carbocycles. The molecule has 1 atom stereocenters. The molecule has 0 aromatic heterocycles. The van der Waals surface area contributed by atoms with Crippen LogP contribution in [0.2, 0.25) is 0 Å². The van der Waals surface area contributed by atoms with Crippen LogP contribution in [0.5, 0.6) is 0 Å². The van der Waals surface area contributed by atoms with Crippen molar-refractivity contribution in [3.8, 4) is 0 Å². The lowest BCUT2D eigenvalue weighted by molar-refractivity contribution is -0.139. The van der Waals surface area contributed by atoms with E-state index in [9.17, 15) is 9.59 Å². The van der Waals surface area contributed by atoms with Crippen molar-refractivity contribution < 1.29 is 14.7 Å². The average Bonchev–Trinajstić information content (AvgIpc) is 2.28. The molecule has 0 fully saturated rings.